The van der Waals surface area contributed by atoms with Crippen molar-refractivity contribution in [3.05, 3.63) is 54.9 Å². The van der Waals surface area contributed by atoms with E-state index >= 15 is 0 Å². The van der Waals surface area contributed by atoms with E-state index in [-0.39, 0.29) is 18.4 Å². The molecule has 3 heterocycles. The number of allylic oxidation sites excluding steroid dienone is 1. The summed E-state index contributed by atoms with van der Waals surface area (Å²) in [6, 6.07) is 7.93. The Bertz CT molecular complexity index is 1440. The van der Waals surface area contributed by atoms with Crippen LogP contribution in [0.4, 0.5) is 5.69 Å². The number of carbonyl (C=O) groups is 3. The predicted molar refractivity (Wildman–Crippen MR) is 136 cm³/mol. The van der Waals surface area contributed by atoms with Crippen molar-refractivity contribution in [2.24, 2.45) is 0 Å². The van der Waals surface area contributed by atoms with Crippen LogP contribution in [0.2, 0.25) is 0 Å². The average Bonchev–Trinajstić information content (AvgIpc) is 3.39. The smallest absolute Gasteiger partial charge is 0.323 e. The quantitative estimate of drug-likeness (QED) is 0.524. The first-order chi connectivity index (χ1) is 16.2. The predicted octanol–water partition coefficient (Wildman–Crippen LogP) is 1.30. The molecule has 0 unspecified atom stereocenters. The number of anilines is 1. The number of aliphatic carboxylic acids is 2. The van der Waals surface area contributed by atoms with Crippen molar-refractivity contribution in [3.8, 4) is 0 Å². The van der Waals surface area contributed by atoms with Gasteiger partial charge in [-0.05, 0) is 31.2 Å². The van der Waals surface area contributed by atoms with Crippen LogP contribution in [0.3, 0.4) is 0 Å². The van der Waals surface area contributed by atoms with Crippen molar-refractivity contribution in [1.29, 1.82) is 0 Å². The minimum Gasteiger partial charge on any atom is -0.480 e. The summed E-state index contributed by atoms with van der Waals surface area (Å²) >= 11 is 8.52. The summed E-state index contributed by atoms with van der Waals surface area (Å²) in [5, 5.41) is 19.3. The van der Waals surface area contributed by atoms with E-state index in [2.05, 4.69) is 4.90 Å². The number of thiocarbonyl (C=S) groups is 1. The lowest BCUT2D eigenvalue weighted by atomic mass is 10.3. The highest BCUT2D eigenvalue weighted by Gasteiger charge is 2.35. The molecule has 1 aromatic heterocycles. The summed E-state index contributed by atoms with van der Waals surface area (Å²) in [7, 11) is 0. The number of amides is 1. The molecule has 1 fully saturated rings. The number of carbonyl (C=O) groups excluding carboxylic acids is 1. The molecule has 1 amide bonds. The molecule has 1 saturated heterocycles. The molecule has 0 saturated carbocycles. The fourth-order valence-electron chi connectivity index (χ4n) is 3.43. The van der Waals surface area contributed by atoms with Crippen molar-refractivity contribution < 1.29 is 24.6 Å². The summed E-state index contributed by atoms with van der Waals surface area (Å²) in [4.78, 5) is 52.5. The van der Waals surface area contributed by atoms with Gasteiger partial charge in [0.1, 0.15) is 27.0 Å². The molecule has 2 aliphatic rings. The second-order valence-corrected chi connectivity index (χ2v) is 10.8. The van der Waals surface area contributed by atoms with Gasteiger partial charge in [-0.1, -0.05) is 47.9 Å². The lowest BCUT2D eigenvalue weighted by Gasteiger charge is -2.17. The van der Waals surface area contributed by atoms with Crippen LogP contribution < -0.4 is 19.7 Å². The van der Waals surface area contributed by atoms with Crippen molar-refractivity contribution in [2.75, 3.05) is 18.0 Å². The first kappa shape index (κ1) is 24.3. The standard InChI is InChI=1S/C21H17N3O6S4/c1-2-22-11-5-3-4-6-12(11)32-14(22)8-7-13-18(29)23(9-15(25)26)20(33-13)17-19(30)24(10-16(27)28)21(31)34-17/h3-8H,2,9-10H2,1H3,(H,25,26)(H,27,28)/b13-7?,14-8?,20-17-. The lowest BCUT2D eigenvalue weighted by molar-refractivity contribution is -0.140. The topological polar surface area (TPSA) is 120 Å². The van der Waals surface area contributed by atoms with Gasteiger partial charge in [0, 0.05) is 11.4 Å². The van der Waals surface area contributed by atoms with Gasteiger partial charge in [-0.2, -0.15) is 0 Å². The van der Waals surface area contributed by atoms with Crippen LogP contribution in [-0.4, -0.2) is 54.9 Å². The number of carboxylic acids is 2. The number of thiazole rings is 1. The molecule has 13 heteroatoms. The number of benzene rings is 1. The van der Waals surface area contributed by atoms with Gasteiger partial charge in [0.2, 0.25) is 0 Å². The van der Waals surface area contributed by atoms with Crippen molar-refractivity contribution in [1.82, 2.24) is 9.47 Å². The van der Waals surface area contributed by atoms with E-state index < -0.39 is 36.5 Å². The van der Waals surface area contributed by atoms with Gasteiger partial charge in [0.15, 0.2) is 0 Å². The van der Waals surface area contributed by atoms with Crippen LogP contribution >= 0.6 is 47.1 Å². The minimum absolute atomic E-state index is 0.0384. The first-order valence-corrected chi connectivity index (χ1v) is 12.7. The monoisotopic (exact) mass is 535 g/mol. The van der Waals surface area contributed by atoms with E-state index in [0.29, 0.717) is 0 Å². The molecule has 2 N–H and O–H groups in total. The van der Waals surface area contributed by atoms with Crippen LogP contribution in [0.5, 0.6) is 0 Å². The number of thioether (sulfide) groups is 2. The number of rotatable bonds is 6. The van der Waals surface area contributed by atoms with Crippen molar-refractivity contribution >= 4 is 85.9 Å². The van der Waals surface area contributed by atoms with E-state index in [4.69, 9.17) is 17.3 Å². The first-order valence-electron chi connectivity index (χ1n) is 9.89. The van der Waals surface area contributed by atoms with Gasteiger partial charge < -0.3 is 15.1 Å². The van der Waals surface area contributed by atoms with Crippen LogP contribution in [0.15, 0.2) is 45.1 Å². The minimum atomic E-state index is -1.24. The zero-order chi connectivity index (χ0) is 24.6. The van der Waals surface area contributed by atoms with E-state index in [0.717, 1.165) is 54.7 Å². The Morgan fingerprint density at radius 1 is 1.03 bits per heavy atom. The van der Waals surface area contributed by atoms with Crippen LogP contribution in [0, 0.1) is 0 Å². The number of hydrogen-bond donors (Lipinski definition) is 2. The van der Waals surface area contributed by atoms with Gasteiger partial charge >= 0.3 is 11.9 Å². The van der Waals surface area contributed by atoms with E-state index in [1.54, 1.807) is 23.9 Å². The second kappa shape index (κ2) is 9.78. The Kier molecular flexibility index (Phi) is 6.98. The Labute approximate surface area is 210 Å². The van der Waals surface area contributed by atoms with Crippen LogP contribution in [0.1, 0.15) is 6.92 Å². The highest BCUT2D eigenvalue weighted by atomic mass is 32.2. The molecule has 0 bridgehead atoms. The SMILES string of the molecule is CCN1C(=CC=c2s/c(=C3\SC(=S)N(CC(=O)O)C3=O)n(CC(=O)O)c2=O)Sc2ccccc21. The number of nitrogens with zero attached hydrogens (tertiary/aromatic N) is 3. The summed E-state index contributed by atoms with van der Waals surface area (Å²) in [6.07, 6.45) is 3.41. The molecule has 176 valence electrons. The molecule has 0 spiro atoms. The number of carboxylic acid groups (broad SMARTS) is 2. The molecule has 0 radical (unpaired) electrons. The maximum absolute atomic E-state index is 13.1. The molecule has 34 heavy (non-hydrogen) atoms. The zero-order valence-corrected chi connectivity index (χ0v) is 20.9. The molecule has 2 aliphatic heterocycles. The molecule has 0 aliphatic carbocycles. The fraction of sp³-hybridized carbons (Fsp3) is 0.190. The third-order valence-corrected chi connectivity index (χ3v) is 8.71. The maximum atomic E-state index is 13.1. The van der Waals surface area contributed by atoms with Crippen LogP contribution in [0.25, 0.3) is 11.0 Å². The van der Waals surface area contributed by atoms with E-state index in [9.17, 15) is 24.3 Å². The van der Waals surface area contributed by atoms with Gasteiger partial charge in [0.25, 0.3) is 11.5 Å². The second-order valence-electron chi connectivity index (χ2n) is 7.02. The van der Waals surface area contributed by atoms with Gasteiger partial charge in [-0.3, -0.25) is 28.6 Å². The third kappa shape index (κ3) is 4.56. The molecule has 9 nitrogen and oxygen atoms in total. The molecule has 2 aromatic rings. The normalized spacial score (nSPS) is 18.9. The summed E-state index contributed by atoms with van der Waals surface area (Å²) in [5.41, 5.74) is 0.520. The molecular formula is C21H17N3O6S4. The lowest BCUT2D eigenvalue weighted by Crippen LogP contribution is -2.36. The van der Waals surface area contributed by atoms with E-state index in [1.165, 1.54) is 0 Å². The van der Waals surface area contributed by atoms with Crippen LogP contribution in [-0.2, 0) is 20.9 Å². The number of fused-ring (bicyclic) bond motifs is 1. The Hall–Kier alpha value is -2.87. The van der Waals surface area contributed by atoms with Crippen molar-refractivity contribution in [3.63, 3.8) is 0 Å². The van der Waals surface area contributed by atoms with Gasteiger partial charge in [-0.25, -0.2) is 0 Å². The number of hydrogen-bond acceptors (Lipinski definition) is 9. The Morgan fingerprint density at radius 2 is 1.74 bits per heavy atom. The zero-order valence-electron chi connectivity index (χ0n) is 17.6. The highest BCUT2D eigenvalue weighted by molar-refractivity contribution is 8.30. The average molecular weight is 536 g/mol. The molecule has 4 rings (SSSR count). The maximum Gasteiger partial charge on any atom is 0.323 e. The summed E-state index contributed by atoms with van der Waals surface area (Å²) < 4.78 is 1.44. The summed E-state index contributed by atoms with van der Waals surface area (Å²) in [5.74, 6) is -3.14. The number of aromatic nitrogens is 1. The Balaban J connectivity index is 1.83. The van der Waals surface area contributed by atoms with Gasteiger partial charge in [0.05, 0.1) is 15.2 Å². The van der Waals surface area contributed by atoms with Crippen molar-refractivity contribution in [2.45, 2.75) is 18.4 Å². The third-order valence-electron chi connectivity index (χ3n) is 4.87. The van der Waals surface area contributed by atoms with E-state index in [1.807, 2.05) is 31.2 Å². The fourth-order valence-corrected chi connectivity index (χ4v) is 7.01. The largest absolute Gasteiger partial charge is 0.480 e. The highest BCUT2D eigenvalue weighted by Crippen LogP contribution is 2.45. The molecular weight excluding hydrogens is 519 g/mol. The molecule has 0 atom stereocenters. The van der Waals surface area contributed by atoms with Gasteiger partial charge in [-0.15, -0.1) is 11.3 Å². The number of para-hydroxylation sites is 1. The Morgan fingerprint density at radius 3 is 2.41 bits per heavy atom. The molecule has 1 aromatic carbocycles. The summed E-state index contributed by atoms with van der Waals surface area (Å²) in [6.45, 7) is 1.49.